The highest BCUT2D eigenvalue weighted by Crippen LogP contribution is 2.31. The lowest BCUT2D eigenvalue weighted by molar-refractivity contribution is -0.144. The zero-order valence-corrected chi connectivity index (χ0v) is 36.0. The zero-order valence-electron chi connectivity index (χ0n) is 35.3. The smallest absolute Gasteiger partial charge is 0.310 e. The van der Waals surface area contributed by atoms with Crippen molar-refractivity contribution in [2.45, 2.75) is 65.3 Å². The summed E-state index contributed by atoms with van der Waals surface area (Å²) < 4.78 is 18.3. The highest BCUT2D eigenvalue weighted by atomic mass is 35.5. The van der Waals surface area contributed by atoms with Crippen LogP contribution in [0.1, 0.15) is 77.9 Å². The average Bonchev–Trinajstić information content (AvgIpc) is 3.53. The quantitative estimate of drug-likeness (QED) is 0.0767. The second kappa shape index (κ2) is 22.9. The first kappa shape index (κ1) is 45.8. The molecule has 2 amide bonds. The van der Waals surface area contributed by atoms with E-state index in [9.17, 15) is 24.0 Å². The Morgan fingerprint density at radius 2 is 1.45 bits per heavy atom. The first-order valence-electron chi connectivity index (χ1n) is 20.9. The van der Waals surface area contributed by atoms with E-state index in [0.717, 1.165) is 51.0 Å². The van der Waals surface area contributed by atoms with E-state index in [1.807, 2.05) is 39.0 Å². The van der Waals surface area contributed by atoms with Crippen LogP contribution < -0.4 is 10.1 Å². The van der Waals surface area contributed by atoms with Gasteiger partial charge in [-0.2, -0.15) is 0 Å². The molecule has 0 spiro atoms. The fourth-order valence-corrected chi connectivity index (χ4v) is 7.63. The molecule has 1 atom stereocenters. The normalized spacial score (nSPS) is 13.8. The van der Waals surface area contributed by atoms with Gasteiger partial charge in [0.1, 0.15) is 18.4 Å². The number of ether oxygens (including phenoxy) is 3. The molecule has 1 saturated heterocycles. The van der Waals surface area contributed by atoms with E-state index in [1.54, 1.807) is 71.2 Å². The van der Waals surface area contributed by atoms with Gasteiger partial charge >= 0.3 is 11.9 Å². The molecule has 1 fully saturated rings. The number of carbonyl (C=O) groups is 5. The summed E-state index contributed by atoms with van der Waals surface area (Å²) in [6, 6.07) is 20.1. The number of halogens is 1. The van der Waals surface area contributed by atoms with Crippen LogP contribution in [0.15, 0.2) is 72.8 Å². The van der Waals surface area contributed by atoms with Gasteiger partial charge < -0.3 is 29.3 Å². The molecule has 14 heteroatoms. The summed E-state index contributed by atoms with van der Waals surface area (Å²) in [4.78, 5) is 72.2. The molecule has 0 aliphatic carbocycles. The van der Waals surface area contributed by atoms with Crippen molar-refractivity contribution in [3.05, 3.63) is 100 Å². The molecule has 4 aromatic rings. The number of piperazine rings is 1. The number of carbonyl (C=O) groups excluding carboxylic acids is 5. The van der Waals surface area contributed by atoms with Crippen LogP contribution in [-0.2, 0) is 30.3 Å². The highest BCUT2D eigenvalue weighted by Gasteiger charge is 2.27. The van der Waals surface area contributed by atoms with Gasteiger partial charge in [-0.05, 0) is 92.8 Å². The van der Waals surface area contributed by atoms with Crippen LogP contribution in [-0.4, -0.2) is 128 Å². The van der Waals surface area contributed by atoms with E-state index in [2.05, 4.69) is 15.1 Å². The van der Waals surface area contributed by atoms with Crippen molar-refractivity contribution in [3.8, 4) is 5.75 Å². The number of amides is 2. The van der Waals surface area contributed by atoms with Crippen molar-refractivity contribution in [3.63, 3.8) is 0 Å². The molecule has 3 aromatic carbocycles. The minimum atomic E-state index is -0.830. The number of rotatable bonds is 21. The van der Waals surface area contributed by atoms with Crippen LogP contribution in [0.4, 0.5) is 0 Å². The van der Waals surface area contributed by atoms with E-state index in [1.165, 1.54) is 0 Å². The third-order valence-corrected chi connectivity index (χ3v) is 11.0. The molecule has 13 nitrogen and oxygen atoms in total. The van der Waals surface area contributed by atoms with Crippen molar-refractivity contribution < 1.29 is 38.2 Å². The van der Waals surface area contributed by atoms with Crippen molar-refractivity contribution in [2.24, 2.45) is 0 Å². The lowest BCUT2D eigenvalue weighted by Gasteiger charge is -2.34. The van der Waals surface area contributed by atoms with E-state index in [0.29, 0.717) is 64.7 Å². The Hall–Kier alpha value is -5.24. The molecular weight excluding hydrogens is 786 g/mol. The topological polar surface area (TPSA) is 140 Å². The minimum Gasteiger partial charge on any atom is -0.497 e. The number of hydrogen-bond acceptors (Lipinski definition) is 10. The van der Waals surface area contributed by atoms with Gasteiger partial charge in [-0.1, -0.05) is 43.6 Å². The van der Waals surface area contributed by atoms with Gasteiger partial charge in [-0.25, -0.2) is 0 Å². The lowest BCUT2D eigenvalue weighted by atomic mass is 10.1. The van der Waals surface area contributed by atoms with Gasteiger partial charge in [0.15, 0.2) is 0 Å². The monoisotopic (exact) mass is 843 g/mol. The number of nitrogens with zero attached hydrogens (tertiary/aromatic N) is 4. The summed E-state index contributed by atoms with van der Waals surface area (Å²) in [7, 11) is 1.58. The number of esters is 2. The van der Waals surface area contributed by atoms with Crippen LogP contribution in [0.3, 0.4) is 0 Å². The van der Waals surface area contributed by atoms with E-state index >= 15 is 0 Å². The Labute approximate surface area is 357 Å². The second-order valence-corrected chi connectivity index (χ2v) is 15.4. The van der Waals surface area contributed by atoms with Crippen LogP contribution in [0.2, 0.25) is 5.02 Å². The first-order chi connectivity index (χ1) is 29.0. The molecule has 1 aliphatic heterocycles. The van der Waals surface area contributed by atoms with Crippen LogP contribution in [0.25, 0.3) is 10.9 Å². The van der Waals surface area contributed by atoms with Crippen molar-refractivity contribution in [2.75, 3.05) is 72.7 Å². The molecule has 60 heavy (non-hydrogen) atoms. The maximum Gasteiger partial charge on any atom is 0.310 e. The summed E-state index contributed by atoms with van der Waals surface area (Å²) >= 11 is 6.05. The van der Waals surface area contributed by atoms with Crippen molar-refractivity contribution >= 4 is 52.2 Å². The number of methoxy groups -OCH3 is 1. The third-order valence-electron chi connectivity index (χ3n) is 10.7. The lowest BCUT2D eigenvalue weighted by Crippen LogP contribution is -2.49. The number of aromatic nitrogens is 1. The summed E-state index contributed by atoms with van der Waals surface area (Å²) in [6.45, 7) is 12.2. The standard InChI is InChI=1S/C46H58ClN5O8/c1-5-21-51(22-6-2)46(57)40(48-44(55)34-11-8-7-9-12-34)18-20-42(53)59-29-10-23-49-24-26-50(27-25-49)28-30-60-43(54)32-38-33(3)52(41-19-17-37(58-4)31-39(38)41)45(56)35-13-15-36(47)16-14-35/h7-9,11-17,19,31,40H,5-6,10,18,20-30,32H2,1-4H3,(H,48,55)/t40-/m1/s1. The summed E-state index contributed by atoms with van der Waals surface area (Å²) in [6.07, 6.45) is 2.44. The summed E-state index contributed by atoms with van der Waals surface area (Å²) in [5.41, 5.74) is 2.98. The van der Waals surface area contributed by atoms with Gasteiger partial charge in [0.2, 0.25) is 5.91 Å². The SMILES string of the molecule is CCCN(CCC)C(=O)[C@@H](CCC(=O)OCCCN1CCN(CCOC(=O)Cc2c(C)n(C(=O)c3ccc(Cl)cc3)c3ccc(OC)cc23)CC1)NC(=O)c1ccccc1. The Bertz CT molecular complexity index is 2060. The summed E-state index contributed by atoms with van der Waals surface area (Å²) in [5, 5.41) is 4.15. The number of fused-ring (bicyclic) bond motifs is 1. The molecule has 0 unspecified atom stereocenters. The van der Waals surface area contributed by atoms with E-state index in [4.69, 9.17) is 25.8 Å². The third kappa shape index (κ3) is 12.6. The van der Waals surface area contributed by atoms with Crippen LogP contribution in [0, 0.1) is 6.92 Å². The molecule has 1 N–H and O–H groups in total. The van der Waals surface area contributed by atoms with Crippen LogP contribution >= 0.6 is 11.6 Å². The van der Waals surface area contributed by atoms with E-state index < -0.39 is 12.0 Å². The number of benzene rings is 3. The van der Waals surface area contributed by atoms with Gasteiger partial charge in [-0.3, -0.25) is 33.4 Å². The van der Waals surface area contributed by atoms with Gasteiger partial charge in [0.25, 0.3) is 11.8 Å². The average molecular weight is 844 g/mol. The maximum atomic E-state index is 13.6. The Kier molecular flexibility index (Phi) is 17.5. The van der Waals surface area contributed by atoms with Crippen LogP contribution in [0.5, 0.6) is 5.75 Å². The molecule has 1 aromatic heterocycles. The second-order valence-electron chi connectivity index (χ2n) is 15.0. The zero-order chi connectivity index (χ0) is 43.0. The van der Waals surface area contributed by atoms with Gasteiger partial charge in [0, 0.05) is 86.0 Å². The van der Waals surface area contributed by atoms with Crippen molar-refractivity contribution in [1.29, 1.82) is 0 Å². The molecule has 0 saturated carbocycles. The largest absolute Gasteiger partial charge is 0.497 e. The fraction of sp³-hybridized carbons (Fsp3) is 0.457. The molecule has 1 aliphatic rings. The van der Waals surface area contributed by atoms with E-state index in [-0.39, 0.29) is 56.2 Å². The predicted octanol–water partition coefficient (Wildman–Crippen LogP) is 6.16. The number of hydrogen-bond donors (Lipinski definition) is 1. The summed E-state index contributed by atoms with van der Waals surface area (Å²) in [5.74, 6) is -0.909. The van der Waals surface area contributed by atoms with Crippen molar-refractivity contribution in [1.82, 2.24) is 24.6 Å². The number of nitrogens with one attached hydrogen (secondary N) is 1. The molecular formula is C46H58ClN5O8. The highest BCUT2D eigenvalue weighted by molar-refractivity contribution is 6.30. The molecule has 0 radical (unpaired) electrons. The van der Waals surface area contributed by atoms with Gasteiger partial charge in [0.05, 0.1) is 25.7 Å². The molecule has 0 bridgehead atoms. The Morgan fingerprint density at radius 1 is 0.800 bits per heavy atom. The fourth-order valence-electron chi connectivity index (χ4n) is 7.51. The Balaban J connectivity index is 1.02. The molecule has 322 valence electrons. The predicted molar refractivity (Wildman–Crippen MR) is 232 cm³/mol. The maximum absolute atomic E-state index is 13.6. The molecule has 2 heterocycles. The van der Waals surface area contributed by atoms with Gasteiger partial charge in [-0.15, -0.1) is 0 Å². The molecule has 5 rings (SSSR count). The Morgan fingerprint density at radius 3 is 2.10 bits per heavy atom. The first-order valence-corrected chi connectivity index (χ1v) is 21.3. The minimum absolute atomic E-state index is 0.00873.